The van der Waals surface area contributed by atoms with E-state index in [4.69, 9.17) is 14.2 Å². The van der Waals surface area contributed by atoms with Crippen LogP contribution < -0.4 is 25.1 Å². The smallest absolute Gasteiger partial charge is 0.267 e. The molecule has 8 heteroatoms. The second kappa shape index (κ2) is 10.3. The van der Waals surface area contributed by atoms with Gasteiger partial charge in [0.15, 0.2) is 0 Å². The van der Waals surface area contributed by atoms with Gasteiger partial charge in [0.1, 0.15) is 23.8 Å². The molecule has 0 saturated carbocycles. The highest BCUT2D eigenvalue weighted by molar-refractivity contribution is 5.75. The van der Waals surface area contributed by atoms with Gasteiger partial charge in [0.2, 0.25) is 5.91 Å². The Bertz CT molecular complexity index is 1110. The van der Waals surface area contributed by atoms with E-state index in [0.29, 0.717) is 35.7 Å². The Morgan fingerprint density at radius 2 is 1.74 bits per heavy atom. The number of para-hydroxylation sites is 1. The van der Waals surface area contributed by atoms with Crippen LogP contribution in [-0.4, -0.2) is 43.6 Å². The highest BCUT2D eigenvalue weighted by Gasteiger charge is 2.13. The summed E-state index contributed by atoms with van der Waals surface area (Å²) < 4.78 is 17.1. The van der Waals surface area contributed by atoms with Crippen LogP contribution in [0.2, 0.25) is 0 Å². The normalized spacial score (nSPS) is 10.4. The molecule has 0 unspecified atom stereocenters. The summed E-state index contributed by atoms with van der Waals surface area (Å²) in [4.78, 5) is 24.6. The minimum atomic E-state index is -0.370. The van der Waals surface area contributed by atoms with Crippen molar-refractivity contribution in [3.63, 3.8) is 0 Å². The SMILES string of the molecule is COc1ccc(OC)c(-c2ccc(=O)n(CC(=O)NCCc3ccccc3OC)n2)c1. The predicted molar refractivity (Wildman–Crippen MR) is 117 cm³/mol. The molecule has 1 N–H and O–H groups in total. The van der Waals surface area contributed by atoms with E-state index in [1.807, 2.05) is 24.3 Å². The van der Waals surface area contributed by atoms with E-state index in [0.717, 1.165) is 16.0 Å². The van der Waals surface area contributed by atoms with Crippen LogP contribution >= 0.6 is 0 Å². The van der Waals surface area contributed by atoms with Crippen molar-refractivity contribution >= 4 is 5.91 Å². The summed E-state index contributed by atoms with van der Waals surface area (Å²) in [5, 5.41) is 7.17. The highest BCUT2D eigenvalue weighted by atomic mass is 16.5. The van der Waals surface area contributed by atoms with Gasteiger partial charge in [-0.3, -0.25) is 9.59 Å². The third kappa shape index (κ3) is 5.42. The van der Waals surface area contributed by atoms with Crippen LogP contribution in [0, 0.1) is 0 Å². The van der Waals surface area contributed by atoms with Crippen molar-refractivity contribution in [2.45, 2.75) is 13.0 Å². The summed E-state index contributed by atoms with van der Waals surface area (Å²) in [6.07, 6.45) is 0.610. The third-order valence-corrected chi connectivity index (χ3v) is 4.75. The maximum Gasteiger partial charge on any atom is 0.267 e. The Kier molecular flexibility index (Phi) is 7.26. The number of hydrogen-bond acceptors (Lipinski definition) is 6. The maximum atomic E-state index is 12.4. The molecule has 2 aromatic carbocycles. The van der Waals surface area contributed by atoms with Crippen LogP contribution in [0.5, 0.6) is 17.2 Å². The van der Waals surface area contributed by atoms with Gasteiger partial charge in [-0.25, -0.2) is 4.68 Å². The first kappa shape index (κ1) is 21.9. The largest absolute Gasteiger partial charge is 0.497 e. The maximum absolute atomic E-state index is 12.4. The van der Waals surface area contributed by atoms with Gasteiger partial charge < -0.3 is 19.5 Å². The number of nitrogens with one attached hydrogen (secondary N) is 1. The Hall–Kier alpha value is -3.81. The van der Waals surface area contributed by atoms with E-state index in [1.54, 1.807) is 45.6 Å². The number of carbonyl (C=O) groups excluding carboxylic acids is 1. The molecule has 8 nitrogen and oxygen atoms in total. The van der Waals surface area contributed by atoms with E-state index < -0.39 is 0 Å². The summed E-state index contributed by atoms with van der Waals surface area (Å²) in [6, 6.07) is 15.9. The molecule has 0 aliphatic carbocycles. The van der Waals surface area contributed by atoms with Gasteiger partial charge in [-0.05, 0) is 42.3 Å². The lowest BCUT2D eigenvalue weighted by Gasteiger charge is -2.12. The molecular weight excluding hydrogens is 398 g/mol. The van der Waals surface area contributed by atoms with Crippen molar-refractivity contribution in [1.82, 2.24) is 15.1 Å². The van der Waals surface area contributed by atoms with Gasteiger partial charge >= 0.3 is 0 Å². The summed E-state index contributed by atoms with van der Waals surface area (Å²) in [6.45, 7) is 0.224. The Morgan fingerprint density at radius 3 is 2.48 bits per heavy atom. The molecule has 0 spiro atoms. The van der Waals surface area contributed by atoms with Crippen molar-refractivity contribution in [3.8, 4) is 28.5 Å². The summed E-state index contributed by atoms with van der Waals surface area (Å²) in [5.41, 5.74) is 1.78. The van der Waals surface area contributed by atoms with Gasteiger partial charge in [-0.2, -0.15) is 5.10 Å². The number of aromatic nitrogens is 2. The summed E-state index contributed by atoms with van der Waals surface area (Å²) in [7, 11) is 4.73. The minimum Gasteiger partial charge on any atom is -0.497 e. The van der Waals surface area contributed by atoms with Crippen molar-refractivity contribution < 1.29 is 19.0 Å². The molecule has 3 rings (SSSR count). The number of hydrogen-bond donors (Lipinski definition) is 1. The molecule has 0 aliphatic heterocycles. The number of benzene rings is 2. The first-order valence-corrected chi connectivity index (χ1v) is 9.75. The van der Waals surface area contributed by atoms with Crippen LogP contribution in [0.4, 0.5) is 0 Å². The van der Waals surface area contributed by atoms with Gasteiger partial charge in [-0.15, -0.1) is 0 Å². The lowest BCUT2D eigenvalue weighted by molar-refractivity contribution is -0.121. The molecule has 0 aliphatic rings. The predicted octanol–water partition coefficient (Wildman–Crippen LogP) is 2.29. The summed E-state index contributed by atoms with van der Waals surface area (Å²) >= 11 is 0. The van der Waals surface area contributed by atoms with Crippen LogP contribution in [0.15, 0.2) is 59.4 Å². The van der Waals surface area contributed by atoms with Gasteiger partial charge in [-0.1, -0.05) is 18.2 Å². The Labute approximate surface area is 180 Å². The van der Waals surface area contributed by atoms with E-state index in [-0.39, 0.29) is 18.0 Å². The molecule has 162 valence electrons. The molecule has 0 fully saturated rings. The van der Waals surface area contributed by atoms with E-state index >= 15 is 0 Å². The molecule has 1 heterocycles. The minimum absolute atomic E-state index is 0.190. The molecule has 0 radical (unpaired) electrons. The molecule has 0 atom stereocenters. The number of ether oxygens (including phenoxy) is 3. The topological polar surface area (TPSA) is 91.7 Å². The molecule has 1 amide bonds. The van der Waals surface area contributed by atoms with Crippen molar-refractivity contribution in [2.75, 3.05) is 27.9 Å². The fourth-order valence-corrected chi connectivity index (χ4v) is 3.16. The first-order chi connectivity index (χ1) is 15.0. The Morgan fingerprint density at radius 1 is 0.968 bits per heavy atom. The number of carbonyl (C=O) groups is 1. The zero-order valence-corrected chi connectivity index (χ0v) is 17.8. The van der Waals surface area contributed by atoms with Gasteiger partial charge in [0.05, 0.1) is 27.0 Å². The van der Waals surface area contributed by atoms with Crippen LogP contribution in [0.25, 0.3) is 11.3 Å². The molecule has 0 saturated heterocycles. The average molecular weight is 423 g/mol. The van der Waals surface area contributed by atoms with Crippen LogP contribution in [0.3, 0.4) is 0 Å². The van der Waals surface area contributed by atoms with Gasteiger partial charge in [0, 0.05) is 18.2 Å². The number of amides is 1. The third-order valence-electron chi connectivity index (χ3n) is 4.75. The second-order valence-corrected chi connectivity index (χ2v) is 6.69. The number of rotatable bonds is 9. The number of methoxy groups -OCH3 is 3. The van der Waals surface area contributed by atoms with Crippen LogP contribution in [-0.2, 0) is 17.8 Å². The molecule has 1 aromatic heterocycles. The summed E-state index contributed by atoms with van der Waals surface area (Å²) in [5.74, 6) is 1.68. The van der Waals surface area contributed by atoms with Crippen molar-refractivity contribution in [3.05, 3.63) is 70.5 Å². The fraction of sp³-hybridized carbons (Fsp3) is 0.261. The number of nitrogens with zero attached hydrogens (tertiary/aromatic N) is 2. The van der Waals surface area contributed by atoms with Crippen molar-refractivity contribution in [1.29, 1.82) is 0 Å². The van der Waals surface area contributed by atoms with Gasteiger partial charge in [0.25, 0.3) is 5.56 Å². The zero-order valence-electron chi connectivity index (χ0n) is 17.8. The molecular formula is C23H25N3O5. The van der Waals surface area contributed by atoms with E-state index in [2.05, 4.69) is 10.4 Å². The standard InChI is InChI=1S/C23H25N3O5/c1-29-17-8-10-21(31-3)18(14-17)19-9-11-23(28)26(25-19)15-22(27)24-13-12-16-6-4-5-7-20(16)30-2/h4-11,14H,12-13,15H2,1-3H3,(H,24,27). The van der Waals surface area contributed by atoms with E-state index in [9.17, 15) is 9.59 Å². The average Bonchev–Trinajstić information content (AvgIpc) is 2.80. The molecule has 0 bridgehead atoms. The van der Waals surface area contributed by atoms with Crippen LogP contribution in [0.1, 0.15) is 5.56 Å². The molecule has 3 aromatic rings. The van der Waals surface area contributed by atoms with Crippen molar-refractivity contribution in [2.24, 2.45) is 0 Å². The second-order valence-electron chi connectivity index (χ2n) is 6.69. The monoisotopic (exact) mass is 423 g/mol. The lowest BCUT2D eigenvalue weighted by Crippen LogP contribution is -2.34. The fourth-order valence-electron chi connectivity index (χ4n) is 3.16. The lowest BCUT2D eigenvalue weighted by atomic mass is 10.1. The highest BCUT2D eigenvalue weighted by Crippen LogP contribution is 2.31. The van der Waals surface area contributed by atoms with E-state index in [1.165, 1.54) is 6.07 Å². The molecule has 31 heavy (non-hydrogen) atoms. The first-order valence-electron chi connectivity index (χ1n) is 9.75. The zero-order chi connectivity index (χ0) is 22.2. The quantitative estimate of drug-likeness (QED) is 0.568. The Balaban J connectivity index is 1.71.